The molecular weight excluding hydrogens is 520 g/mol. The molecule has 0 fully saturated rings. The first-order chi connectivity index (χ1) is 17.7. The van der Waals surface area contributed by atoms with Crippen LogP contribution in [0, 0.1) is 0 Å². The van der Waals surface area contributed by atoms with Gasteiger partial charge in [-0.15, -0.1) is 10.2 Å². The van der Waals surface area contributed by atoms with Crippen molar-refractivity contribution in [2.75, 3.05) is 0 Å². The van der Waals surface area contributed by atoms with Gasteiger partial charge in [0.1, 0.15) is 23.4 Å². The molecule has 0 unspecified atom stereocenters. The minimum absolute atomic E-state index is 0.00303. The van der Waals surface area contributed by atoms with Gasteiger partial charge in [-0.2, -0.15) is 11.8 Å². The van der Waals surface area contributed by atoms with Crippen molar-refractivity contribution in [2.24, 2.45) is 7.05 Å². The van der Waals surface area contributed by atoms with Gasteiger partial charge in [-0.1, -0.05) is 30.0 Å². The summed E-state index contributed by atoms with van der Waals surface area (Å²) >= 11 is 2.68. The number of aromatic carboxylic acids is 2. The van der Waals surface area contributed by atoms with Crippen LogP contribution in [0.1, 0.15) is 37.4 Å². The van der Waals surface area contributed by atoms with Crippen molar-refractivity contribution in [3.63, 3.8) is 0 Å². The third kappa shape index (κ3) is 5.17. The zero-order chi connectivity index (χ0) is 26.3. The summed E-state index contributed by atoms with van der Waals surface area (Å²) < 4.78 is 12.9. The van der Waals surface area contributed by atoms with Gasteiger partial charge in [0.25, 0.3) is 0 Å². The molecule has 0 radical (unpaired) electrons. The Morgan fingerprint density at radius 3 is 2.38 bits per heavy atom. The van der Waals surface area contributed by atoms with Crippen molar-refractivity contribution in [1.29, 1.82) is 0 Å². The van der Waals surface area contributed by atoms with Gasteiger partial charge >= 0.3 is 26.2 Å². The number of benzene rings is 2. The van der Waals surface area contributed by atoms with Gasteiger partial charge in [-0.25, -0.2) is 9.59 Å². The Labute approximate surface area is 220 Å². The second-order valence-corrected chi connectivity index (χ2v) is 11.1. The third-order valence-corrected chi connectivity index (χ3v) is 8.74. The highest BCUT2D eigenvalue weighted by Gasteiger charge is 2.40. The van der Waals surface area contributed by atoms with Crippen molar-refractivity contribution in [2.45, 2.75) is 34.0 Å². The maximum Gasteiger partial charge on any atom is 0.537 e. The van der Waals surface area contributed by atoms with E-state index in [2.05, 4.69) is 10.2 Å². The van der Waals surface area contributed by atoms with Gasteiger partial charge in [0.05, 0.1) is 15.9 Å². The topological polar surface area (TPSA) is 164 Å². The number of carboxylic acids is 2. The number of nitrogens with zero attached hydrogens (tertiary/aromatic N) is 3. The summed E-state index contributed by atoms with van der Waals surface area (Å²) in [6.45, 7) is 0. The van der Waals surface area contributed by atoms with Crippen LogP contribution in [0.25, 0.3) is 0 Å². The highest BCUT2D eigenvalue weighted by molar-refractivity contribution is 8.01. The van der Waals surface area contributed by atoms with Gasteiger partial charge in [0.15, 0.2) is 5.16 Å². The van der Waals surface area contributed by atoms with E-state index >= 15 is 0 Å². The lowest BCUT2D eigenvalue weighted by Gasteiger charge is -2.29. The molecule has 11 nitrogen and oxygen atoms in total. The summed E-state index contributed by atoms with van der Waals surface area (Å²) in [5.74, 6) is -1.63. The van der Waals surface area contributed by atoms with Crippen molar-refractivity contribution >= 4 is 49.7 Å². The quantitative estimate of drug-likeness (QED) is 0.320. The Morgan fingerprint density at radius 2 is 1.70 bits per heavy atom. The molecule has 2 aliphatic rings. The number of para-hydroxylation sites is 1. The van der Waals surface area contributed by atoms with Crippen LogP contribution in [-0.2, 0) is 25.6 Å². The van der Waals surface area contributed by atoms with E-state index in [1.54, 1.807) is 30.1 Å². The molecule has 0 bridgehead atoms. The van der Waals surface area contributed by atoms with Crippen LogP contribution in [0.3, 0.4) is 0 Å². The summed E-state index contributed by atoms with van der Waals surface area (Å²) in [6.07, 6.45) is 2.30. The van der Waals surface area contributed by atoms with Gasteiger partial charge in [0.2, 0.25) is 0 Å². The molecular formula is C22H21B2N3O8S2. The van der Waals surface area contributed by atoms with Crippen molar-refractivity contribution in [1.82, 2.24) is 14.8 Å². The maximum atomic E-state index is 12.0. The van der Waals surface area contributed by atoms with Crippen LogP contribution in [-0.4, -0.2) is 71.5 Å². The number of aromatic nitrogens is 3. The lowest BCUT2D eigenvalue weighted by molar-refractivity contribution is 0.0683. The molecule has 2 atom stereocenters. The molecule has 2 aliphatic heterocycles. The average molecular weight is 541 g/mol. The fourth-order valence-electron chi connectivity index (χ4n) is 4.33. The van der Waals surface area contributed by atoms with Crippen molar-refractivity contribution in [3.8, 4) is 11.5 Å². The third-order valence-electron chi connectivity index (χ3n) is 6.13. The highest BCUT2D eigenvalue weighted by Crippen LogP contribution is 2.39. The lowest BCUT2D eigenvalue weighted by atomic mass is 9.77. The number of hydrogen-bond donors (Lipinski definition) is 4. The minimum Gasteiger partial charge on any atom is -0.535 e. The Bertz CT molecular complexity index is 1370. The molecule has 1 aromatic heterocycles. The molecule has 4 N–H and O–H groups in total. The zero-order valence-corrected chi connectivity index (χ0v) is 21.1. The maximum absolute atomic E-state index is 12.0. The first-order valence-electron chi connectivity index (χ1n) is 11.3. The predicted octanol–water partition coefficient (Wildman–Crippen LogP) is 1.58. The zero-order valence-electron chi connectivity index (χ0n) is 19.5. The average Bonchev–Trinajstić information content (AvgIpc) is 3.26. The number of carbonyl (C=O) groups is 2. The van der Waals surface area contributed by atoms with Crippen LogP contribution in [0.4, 0.5) is 0 Å². The summed E-state index contributed by atoms with van der Waals surface area (Å²) in [6, 6.07) is 8.18. The van der Waals surface area contributed by atoms with Gasteiger partial charge in [-0.05, 0) is 41.7 Å². The van der Waals surface area contributed by atoms with E-state index in [0.717, 1.165) is 0 Å². The molecule has 0 aliphatic carbocycles. The van der Waals surface area contributed by atoms with E-state index in [1.165, 1.54) is 35.7 Å². The van der Waals surface area contributed by atoms with Crippen LogP contribution in [0.5, 0.6) is 11.5 Å². The molecule has 37 heavy (non-hydrogen) atoms. The molecule has 3 heterocycles. The monoisotopic (exact) mass is 541 g/mol. The molecule has 0 amide bonds. The van der Waals surface area contributed by atoms with Gasteiger partial charge < -0.3 is 34.1 Å². The SMILES string of the molecule is Cn1cnnc1S[C@H]1Cc2cc(CS[C@H]3Cc4cccc(C(=O)O)c4OB3O)cc(C(=O)O)c2OB1O. The fourth-order valence-corrected chi connectivity index (χ4v) is 6.43. The number of rotatable bonds is 7. The van der Waals surface area contributed by atoms with E-state index in [-0.39, 0.29) is 22.6 Å². The second kappa shape index (κ2) is 10.3. The van der Waals surface area contributed by atoms with Gasteiger partial charge in [-0.3, -0.25) is 0 Å². The number of fused-ring (bicyclic) bond motifs is 2. The van der Waals surface area contributed by atoms with E-state index < -0.39 is 36.5 Å². The largest absolute Gasteiger partial charge is 0.537 e. The van der Waals surface area contributed by atoms with Crippen LogP contribution < -0.4 is 9.31 Å². The van der Waals surface area contributed by atoms with E-state index in [4.69, 9.17) is 9.31 Å². The minimum atomic E-state index is -1.22. The molecule has 0 saturated carbocycles. The Morgan fingerprint density at radius 1 is 1.03 bits per heavy atom. The summed E-state index contributed by atoms with van der Waals surface area (Å²) in [4.78, 5) is 23.5. The number of carboxylic acid groups (broad SMARTS) is 2. The molecule has 0 spiro atoms. The number of thioether (sulfide) groups is 2. The second-order valence-electron chi connectivity index (χ2n) is 8.69. The Kier molecular flexibility index (Phi) is 7.12. The summed E-state index contributed by atoms with van der Waals surface area (Å²) in [5.41, 5.74) is 1.99. The Hall–Kier alpha value is -3.13. The molecule has 3 aromatic rings. The normalized spacial score (nSPS) is 18.5. The molecule has 15 heteroatoms. The van der Waals surface area contributed by atoms with Crippen LogP contribution in [0.2, 0.25) is 0 Å². The molecule has 5 rings (SSSR count). The summed E-state index contributed by atoms with van der Waals surface area (Å²) in [7, 11) is -0.660. The first-order valence-corrected chi connectivity index (χ1v) is 13.2. The molecule has 0 saturated heterocycles. The molecule has 190 valence electrons. The first kappa shape index (κ1) is 25.5. The smallest absolute Gasteiger partial charge is 0.535 e. The standard InChI is InChI=1S/C22H21B2N3O8S2/c1-27-10-25-26-22(27)37-17-8-13-5-11(6-15(21(30)31)19(13)35-24(17)33)9-36-16-7-12-3-2-4-14(20(28)29)18(12)34-23(16)32/h2-6,10,16-17,32-33H,7-9H2,1H3,(H,28,29)(H,30,31)/t16-,17-/m0/s1. The van der Waals surface area contributed by atoms with E-state index in [0.29, 0.717) is 40.4 Å². The van der Waals surface area contributed by atoms with Crippen LogP contribution in [0.15, 0.2) is 41.8 Å². The van der Waals surface area contributed by atoms with Crippen molar-refractivity contribution < 1.29 is 39.2 Å². The molecule has 2 aromatic carbocycles. The number of hydrogen-bond acceptors (Lipinski definition) is 10. The van der Waals surface area contributed by atoms with Gasteiger partial charge in [0, 0.05) is 12.8 Å². The van der Waals surface area contributed by atoms with Crippen molar-refractivity contribution in [3.05, 3.63) is 64.5 Å². The fraction of sp³-hybridized carbons (Fsp3) is 0.273. The summed E-state index contributed by atoms with van der Waals surface area (Å²) in [5, 5.41) is 47.9. The van der Waals surface area contributed by atoms with Crippen LogP contribution >= 0.6 is 23.5 Å². The Balaban J connectivity index is 1.35. The lowest BCUT2D eigenvalue weighted by Crippen LogP contribution is -2.41. The van der Waals surface area contributed by atoms with E-state index in [1.807, 2.05) is 6.07 Å². The predicted molar refractivity (Wildman–Crippen MR) is 137 cm³/mol. The number of aryl methyl sites for hydroxylation is 1. The highest BCUT2D eigenvalue weighted by atomic mass is 32.2. The van der Waals surface area contributed by atoms with E-state index in [9.17, 15) is 29.9 Å².